The van der Waals surface area contributed by atoms with Gasteiger partial charge in [0.1, 0.15) is 11.8 Å². The van der Waals surface area contributed by atoms with Gasteiger partial charge in [0.25, 0.3) is 0 Å². The van der Waals surface area contributed by atoms with Crippen LogP contribution in [0.15, 0.2) is 65.0 Å². The molecule has 7 nitrogen and oxygen atoms in total. The average Bonchev–Trinajstić information content (AvgIpc) is 3.19. The highest BCUT2D eigenvalue weighted by atomic mass is 35.5. The Labute approximate surface area is 202 Å². The van der Waals surface area contributed by atoms with Crippen LogP contribution in [0.5, 0.6) is 5.75 Å². The molecule has 1 N–H and O–H groups in total. The Morgan fingerprint density at radius 1 is 1.21 bits per heavy atom. The number of thioether (sulfide) groups is 1. The second-order valence-electron chi connectivity index (χ2n) is 7.84. The van der Waals surface area contributed by atoms with Crippen molar-refractivity contribution in [1.29, 1.82) is 0 Å². The van der Waals surface area contributed by atoms with Crippen molar-refractivity contribution in [2.45, 2.75) is 43.8 Å². The molecule has 0 amide bonds. The van der Waals surface area contributed by atoms with E-state index in [2.05, 4.69) is 10.3 Å². The Morgan fingerprint density at radius 3 is 2.61 bits per heavy atom. The lowest BCUT2D eigenvalue weighted by molar-refractivity contribution is -0.136. The fourth-order valence-electron chi connectivity index (χ4n) is 3.63. The quantitative estimate of drug-likeness (QED) is 0.351. The van der Waals surface area contributed by atoms with E-state index in [1.165, 1.54) is 18.9 Å². The van der Waals surface area contributed by atoms with Crippen molar-refractivity contribution >= 4 is 35.3 Å². The van der Waals surface area contributed by atoms with Gasteiger partial charge in [0.05, 0.1) is 18.8 Å². The van der Waals surface area contributed by atoms with E-state index in [0.717, 1.165) is 16.9 Å². The number of carbonyl (C=O) groups is 1. The van der Waals surface area contributed by atoms with Crippen LogP contribution in [0.1, 0.15) is 37.9 Å². The summed E-state index contributed by atoms with van der Waals surface area (Å²) in [5.74, 6) is 1.54. The summed E-state index contributed by atoms with van der Waals surface area (Å²) in [4.78, 5) is 17.4. The molecule has 1 aliphatic rings. The molecule has 2 aromatic carbocycles. The van der Waals surface area contributed by atoms with Crippen molar-refractivity contribution in [1.82, 2.24) is 14.8 Å². The van der Waals surface area contributed by atoms with Crippen LogP contribution >= 0.6 is 23.4 Å². The van der Waals surface area contributed by atoms with Gasteiger partial charge >= 0.3 is 5.97 Å². The first-order valence-corrected chi connectivity index (χ1v) is 11.9. The van der Waals surface area contributed by atoms with Gasteiger partial charge in [-0.15, -0.1) is 5.10 Å². The molecular formula is C24H25ClN4O3S. The molecule has 33 heavy (non-hydrogen) atoms. The van der Waals surface area contributed by atoms with E-state index in [0.29, 0.717) is 33.2 Å². The number of nitrogens with zero attached hydrogens (tertiary/aromatic N) is 3. The van der Waals surface area contributed by atoms with Crippen molar-refractivity contribution in [2.75, 3.05) is 12.4 Å². The molecule has 0 saturated carbocycles. The van der Waals surface area contributed by atoms with Crippen molar-refractivity contribution in [2.24, 2.45) is 0 Å². The minimum absolute atomic E-state index is 0.0714. The Bertz CT molecular complexity index is 1190. The number of anilines is 1. The highest BCUT2D eigenvalue weighted by Crippen LogP contribution is 2.37. The monoisotopic (exact) mass is 484 g/mol. The number of esters is 1. The molecule has 3 aromatic rings. The van der Waals surface area contributed by atoms with Gasteiger partial charge in [-0.25, -0.2) is 9.48 Å². The maximum absolute atomic E-state index is 12.7. The van der Waals surface area contributed by atoms with Crippen molar-refractivity contribution in [3.8, 4) is 5.75 Å². The lowest BCUT2D eigenvalue weighted by Crippen LogP contribution is -2.29. The largest absolute Gasteiger partial charge is 0.491 e. The predicted octanol–water partition coefficient (Wildman–Crippen LogP) is 5.47. The van der Waals surface area contributed by atoms with Gasteiger partial charge in [-0.1, -0.05) is 53.7 Å². The number of hydrogen-bond donors (Lipinski definition) is 1. The zero-order valence-corrected chi connectivity index (χ0v) is 20.4. The Balaban J connectivity index is 1.68. The molecule has 0 spiro atoms. The first kappa shape index (κ1) is 23.2. The lowest BCUT2D eigenvalue weighted by atomic mass is 9.96. The molecule has 4 rings (SSSR count). The summed E-state index contributed by atoms with van der Waals surface area (Å²) in [6.07, 6.45) is 0.0714. The van der Waals surface area contributed by atoms with E-state index in [1.807, 2.05) is 69.3 Å². The molecule has 0 bridgehead atoms. The molecule has 172 valence electrons. The van der Waals surface area contributed by atoms with Crippen LogP contribution in [0.2, 0.25) is 5.02 Å². The number of halogens is 1. The average molecular weight is 485 g/mol. The second kappa shape index (κ2) is 9.89. The Kier molecular flexibility index (Phi) is 6.95. The van der Waals surface area contributed by atoms with E-state index in [-0.39, 0.29) is 6.10 Å². The standard InChI is InChI=1S/C24H25ClN4O3S/c1-14(2)32-18-11-9-16(10-12-18)21-20(22(30)31-4)15(3)26-23-27-24(28-29(21)23)33-13-17-7-5-6-8-19(17)25/h5-12,14,21H,13H2,1-4H3,(H,26,27,28). The van der Waals surface area contributed by atoms with E-state index in [9.17, 15) is 4.79 Å². The molecule has 0 saturated heterocycles. The van der Waals surface area contributed by atoms with Crippen LogP contribution in [0.4, 0.5) is 5.95 Å². The number of fused-ring (bicyclic) bond motifs is 1. The van der Waals surface area contributed by atoms with Crippen LogP contribution in [0, 0.1) is 0 Å². The number of hydrogen-bond acceptors (Lipinski definition) is 7. The number of methoxy groups -OCH3 is 1. The number of rotatable bonds is 7. The highest BCUT2D eigenvalue weighted by molar-refractivity contribution is 7.98. The molecule has 0 fully saturated rings. The minimum Gasteiger partial charge on any atom is -0.491 e. The molecular weight excluding hydrogens is 460 g/mol. The van der Waals surface area contributed by atoms with Crippen LogP contribution in [-0.2, 0) is 15.3 Å². The summed E-state index contributed by atoms with van der Waals surface area (Å²) in [6, 6.07) is 14.9. The maximum atomic E-state index is 12.7. The predicted molar refractivity (Wildman–Crippen MR) is 130 cm³/mol. The first-order valence-electron chi connectivity index (χ1n) is 10.5. The molecule has 9 heteroatoms. The number of ether oxygens (including phenoxy) is 2. The molecule has 0 aliphatic carbocycles. The summed E-state index contributed by atoms with van der Waals surface area (Å²) in [6.45, 7) is 5.79. The second-order valence-corrected chi connectivity index (χ2v) is 9.19. The minimum atomic E-state index is -0.482. The molecule has 1 aromatic heterocycles. The summed E-state index contributed by atoms with van der Waals surface area (Å²) >= 11 is 7.77. The third kappa shape index (κ3) is 5.02. The number of allylic oxidation sites excluding steroid dienone is 1. The number of benzene rings is 2. The van der Waals surface area contributed by atoms with E-state index < -0.39 is 12.0 Å². The topological polar surface area (TPSA) is 78.3 Å². The SMILES string of the molecule is COC(=O)C1=C(C)Nc2nc(SCc3ccccc3Cl)nn2C1c1ccc(OC(C)C)cc1. The smallest absolute Gasteiger partial charge is 0.338 e. The van der Waals surface area contributed by atoms with Crippen molar-refractivity contribution in [3.63, 3.8) is 0 Å². The maximum Gasteiger partial charge on any atom is 0.338 e. The number of carbonyl (C=O) groups excluding carboxylic acids is 1. The fourth-order valence-corrected chi connectivity index (χ4v) is 4.75. The van der Waals surface area contributed by atoms with Crippen molar-refractivity contribution < 1.29 is 14.3 Å². The first-order chi connectivity index (χ1) is 15.9. The van der Waals surface area contributed by atoms with Gasteiger partial charge in [-0.05, 0) is 50.1 Å². The Hall–Kier alpha value is -2.97. The summed E-state index contributed by atoms with van der Waals surface area (Å²) in [5, 5.41) is 9.20. The van der Waals surface area contributed by atoms with Crippen LogP contribution in [0.3, 0.4) is 0 Å². The fraction of sp³-hybridized carbons (Fsp3) is 0.292. The zero-order chi connectivity index (χ0) is 23.5. The van der Waals surface area contributed by atoms with Gasteiger partial charge < -0.3 is 14.8 Å². The van der Waals surface area contributed by atoms with Gasteiger partial charge in [0, 0.05) is 16.5 Å². The highest BCUT2D eigenvalue weighted by Gasteiger charge is 2.35. The van der Waals surface area contributed by atoms with Gasteiger partial charge in [0.2, 0.25) is 11.1 Å². The van der Waals surface area contributed by atoms with Gasteiger partial charge in [0.15, 0.2) is 0 Å². The Morgan fingerprint density at radius 2 is 1.94 bits per heavy atom. The van der Waals surface area contributed by atoms with E-state index in [1.54, 1.807) is 4.68 Å². The molecule has 1 aliphatic heterocycles. The molecule has 1 atom stereocenters. The summed E-state index contributed by atoms with van der Waals surface area (Å²) in [5.41, 5.74) is 3.04. The van der Waals surface area contributed by atoms with Crippen molar-refractivity contribution in [3.05, 3.63) is 76.0 Å². The van der Waals surface area contributed by atoms with Gasteiger partial charge in [-0.3, -0.25) is 0 Å². The summed E-state index contributed by atoms with van der Waals surface area (Å²) in [7, 11) is 1.38. The normalized spacial score (nSPS) is 15.3. The third-order valence-corrected chi connectivity index (χ3v) is 6.38. The number of nitrogens with one attached hydrogen (secondary N) is 1. The molecule has 2 heterocycles. The van der Waals surface area contributed by atoms with Gasteiger partial charge in [-0.2, -0.15) is 4.98 Å². The number of aromatic nitrogens is 3. The van der Waals surface area contributed by atoms with E-state index >= 15 is 0 Å². The molecule has 0 radical (unpaired) electrons. The summed E-state index contributed by atoms with van der Waals surface area (Å²) < 4.78 is 12.6. The zero-order valence-electron chi connectivity index (χ0n) is 18.8. The van der Waals surface area contributed by atoms with Crippen LogP contribution < -0.4 is 10.1 Å². The lowest BCUT2D eigenvalue weighted by Gasteiger charge is -2.28. The molecule has 1 unspecified atom stereocenters. The van der Waals surface area contributed by atoms with Crippen LogP contribution in [0.25, 0.3) is 0 Å². The van der Waals surface area contributed by atoms with E-state index in [4.69, 9.17) is 26.2 Å². The third-order valence-electron chi connectivity index (χ3n) is 5.12. The van der Waals surface area contributed by atoms with Crippen LogP contribution in [-0.4, -0.2) is 33.9 Å².